The van der Waals surface area contributed by atoms with Crippen molar-refractivity contribution in [3.05, 3.63) is 76.7 Å². The van der Waals surface area contributed by atoms with E-state index in [0.29, 0.717) is 5.52 Å². The van der Waals surface area contributed by atoms with E-state index in [9.17, 15) is 9.59 Å². The number of hydrogen-bond donors (Lipinski definition) is 1. The number of hydrogen-bond acceptors (Lipinski definition) is 3. The molecule has 1 N–H and O–H groups in total. The van der Waals surface area contributed by atoms with Crippen molar-refractivity contribution in [1.82, 2.24) is 19.7 Å². The van der Waals surface area contributed by atoms with Gasteiger partial charge in [-0.25, -0.2) is 4.68 Å². The van der Waals surface area contributed by atoms with Crippen LogP contribution in [0.25, 0.3) is 21.8 Å². The van der Waals surface area contributed by atoms with Gasteiger partial charge < -0.3 is 9.88 Å². The number of carbonyl (C=O) groups excluding carboxylic acids is 1. The lowest BCUT2D eigenvalue weighted by Gasteiger charge is -2.20. The molecule has 0 saturated carbocycles. The fraction of sp³-hybridized carbons (Fsp3) is 0.227. The summed E-state index contributed by atoms with van der Waals surface area (Å²) in [5.41, 5.74) is 2.15. The molecule has 0 saturated heterocycles. The topological polar surface area (TPSA) is 68.9 Å². The highest BCUT2D eigenvalue weighted by Gasteiger charge is 2.24. The van der Waals surface area contributed by atoms with Crippen LogP contribution in [-0.4, -0.2) is 20.3 Å². The van der Waals surface area contributed by atoms with E-state index in [0.717, 1.165) is 21.9 Å². The first kappa shape index (κ1) is 18.0. The van der Waals surface area contributed by atoms with E-state index in [4.69, 9.17) is 0 Å². The Balaban J connectivity index is 1.80. The van der Waals surface area contributed by atoms with Gasteiger partial charge >= 0.3 is 0 Å². The summed E-state index contributed by atoms with van der Waals surface area (Å²) in [6.07, 6.45) is 1.69. The third kappa shape index (κ3) is 2.87. The summed E-state index contributed by atoms with van der Waals surface area (Å²) in [5.74, 6) is -0.141. The zero-order chi connectivity index (χ0) is 19.8. The number of fused-ring (bicyclic) bond motifs is 3. The minimum absolute atomic E-state index is 0.131. The van der Waals surface area contributed by atoms with Crippen LogP contribution in [0.15, 0.2) is 65.6 Å². The van der Waals surface area contributed by atoms with Gasteiger partial charge in [0.15, 0.2) is 0 Å². The van der Waals surface area contributed by atoms with Crippen LogP contribution >= 0.6 is 0 Å². The zero-order valence-corrected chi connectivity index (χ0v) is 16.1. The van der Waals surface area contributed by atoms with Crippen molar-refractivity contribution in [3.8, 4) is 0 Å². The van der Waals surface area contributed by atoms with Gasteiger partial charge in [0.05, 0.1) is 17.8 Å². The molecule has 2 aromatic carbocycles. The van der Waals surface area contributed by atoms with Crippen molar-refractivity contribution < 1.29 is 4.79 Å². The Morgan fingerprint density at radius 3 is 2.43 bits per heavy atom. The number of rotatable bonds is 4. The molecule has 2 atom stereocenters. The molecule has 28 heavy (non-hydrogen) atoms. The van der Waals surface area contributed by atoms with Crippen LogP contribution in [0, 0.1) is 0 Å². The van der Waals surface area contributed by atoms with E-state index < -0.39 is 6.04 Å². The second-order valence-electron chi connectivity index (χ2n) is 7.04. The number of benzene rings is 2. The third-order valence-electron chi connectivity index (χ3n) is 5.23. The Bertz CT molecular complexity index is 1220. The molecule has 2 aromatic heterocycles. The van der Waals surface area contributed by atoms with E-state index in [1.165, 1.54) is 4.68 Å². The summed E-state index contributed by atoms with van der Waals surface area (Å²) in [5, 5.41) is 8.89. The molecule has 0 bridgehead atoms. The summed E-state index contributed by atoms with van der Waals surface area (Å²) in [6, 6.07) is 16.8. The number of para-hydroxylation sites is 1. The number of carbonyl (C=O) groups is 1. The second kappa shape index (κ2) is 6.96. The first-order valence-corrected chi connectivity index (χ1v) is 9.29. The first-order valence-electron chi connectivity index (χ1n) is 9.29. The molecule has 6 heteroatoms. The van der Waals surface area contributed by atoms with E-state index in [1.807, 2.05) is 73.0 Å². The number of aromatic nitrogens is 3. The monoisotopic (exact) mass is 374 g/mol. The highest BCUT2D eigenvalue weighted by molar-refractivity contribution is 6.08. The maximum absolute atomic E-state index is 13.1. The molecule has 0 fully saturated rings. The Morgan fingerprint density at radius 2 is 1.68 bits per heavy atom. The summed E-state index contributed by atoms with van der Waals surface area (Å²) in [4.78, 5) is 25.9. The molecule has 2 heterocycles. The lowest BCUT2D eigenvalue weighted by Crippen LogP contribution is -2.34. The van der Waals surface area contributed by atoms with Gasteiger partial charge in [0, 0.05) is 17.8 Å². The van der Waals surface area contributed by atoms with Gasteiger partial charge in [-0.15, -0.1) is 0 Å². The highest BCUT2D eigenvalue weighted by atomic mass is 16.2. The SMILES string of the molecule is C[C@H](NC(=O)[C@@H](C)n1c2ccccc2c2cnn(C)c(=O)c21)c1ccccc1. The maximum Gasteiger partial charge on any atom is 0.291 e. The van der Waals surface area contributed by atoms with Crippen molar-refractivity contribution in [2.24, 2.45) is 7.05 Å². The number of aryl methyl sites for hydroxylation is 1. The molecular weight excluding hydrogens is 352 g/mol. The molecule has 0 aliphatic rings. The zero-order valence-electron chi connectivity index (χ0n) is 16.1. The van der Waals surface area contributed by atoms with Crippen LogP contribution < -0.4 is 10.9 Å². The van der Waals surface area contributed by atoms with E-state index in [2.05, 4.69) is 10.4 Å². The standard InChI is InChI=1S/C22H22N4O2/c1-14(16-9-5-4-6-10-16)24-21(27)15(2)26-19-12-8-7-11-17(19)18-13-23-25(3)22(28)20(18)26/h4-15H,1-3H3,(H,24,27)/t14-,15+/m0/s1. The summed E-state index contributed by atoms with van der Waals surface area (Å²) < 4.78 is 3.12. The van der Waals surface area contributed by atoms with Gasteiger partial charge in [-0.05, 0) is 25.5 Å². The van der Waals surface area contributed by atoms with Gasteiger partial charge in [0.2, 0.25) is 5.91 Å². The minimum Gasteiger partial charge on any atom is -0.348 e. The first-order chi connectivity index (χ1) is 13.5. The van der Waals surface area contributed by atoms with Crippen LogP contribution in [0.5, 0.6) is 0 Å². The predicted molar refractivity (Wildman–Crippen MR) is 110 cm³/mol. The second-order valence-corrected chi connectivity index (χ2v) is 7.04. The molecule has 6 nitrogen and oxygen atoms in total. The summed E-state index contributed by atoms with van der Waals surface area (Å²) >= 11 is 0. The quantitative estimate of drug-likeness (QED) is 0.596. The largest absolute Gasteiger partial charge is 0.348 e. The molecule has 142 valence electrons. The molecular formula is C22H22N4O2. The van der Waals surface area contributed by atoms with Crippen molar-refractivity contribution in [2.75, 3.05) is 0 Å². The lowest BCUT2D eigenvalue weighted by molar-refractivity contribution is -0.124. The van der Waals surface area contributed by atoms with Crippen molar-refractivity contribution in [2.45, 2.75) is 25.9 Å². The van der Waals surface area contributed by atoms with Crippen molar-refractivity contribution in [3.63, 3.8) is 0 Å². The summed E-state index contributed by atoms with van der Waals surface area (Å²) in [6.45, 7) is 3.77. The van der Waals surface area contributed by atoms with Crippen molar-refractivity contribution >= 4 is 27.7 Å². The molecule has 0 unspecified atom stereocenters. The van der Waals surface area contributed by atoms with Gasteiger partial charge in [-0.2, -0.15) is 5.10 Å². The van der Waals surface area contributed by atoms with Crippen LogP contribution in [0.1, 0.15) is 31.5 Å². The molecule has 0 aliphatic heterocycles. The Morgan fingerprint density at radius 1 is 1.00 bits per heavy atom. The molecule has 0 radical (unpaired) electrons. The number of nitrogens with zero attached hydrogens (tertiary/aromatic N) is 3. The van der Waals surface area contributed by atoms with E-state index in [1.54, 1.807) is 13.2 Å². The Hall–Kier alpha value is -3.41. The lowest BCUT2D eigenvalue weighted by atomic mass is 10.1. The molecule has 0 spiro atoms. The fourth-order valence-electron chi connectivity index (χ4n) is 3.67. The van der Waals surface area contributed by atoms with Crippen LogP contribution in [0.4, 0.5) is 0 Å². The minimum atomic E-state index is -0.552. The van der Waals surface area contributed by atoms with Gasteiger partial charge in [-0.3, -0.25) is 9.59 Å². The van der Waals surface area contributed by atoms with Gasteiger partial charge in [-0.1, -0.05) is 48.5 Å². The summed E-state index contributed by atoms with van der Waals surface area (Å²) in [7, 11) is 1.62. The fourth-order valence-corrected chi connectivity index (χ4v) is 3.67. The third-order valence-corrected chi connectivity index (χ3v) is 5.23. The normalized spacial score (nSPS) is 13.5. The molecule has 1 amide bonds. The number of nitrogens with one attached hydrogen (secondary N) is 1. The average Bonchev–Trinajstić information content (AvgIpc) is 3.05. The van der Waals surface area contributed by atoms with Crippen LogP contribution in [0.2, 0.25) is 0 Å². The maximum atomic E-state index is 13.1. The van der Waals surface area contributed by atoms with Gasteiger partial charge in [0.25, 0.3) is 5.56 Å². The number of amides is 1. The molecule has 4 aromatic rings. The predicted octanol–water partition coefficient (Wildman–Crippen LogP) is 3.33. The van der Waals surface area contributed by atoms with Crippen molar-refractivity contribution in [1.29, 1.82) is 0 Å². The Kier molecular flexibility index (Phi) is 4.47. The smallest absolute Gasteiger partial charge is 0.291 e. The Labute approximate surface area is 162 Å². The molecule has 4 rings (SSSR count). The van der Waals surface area contributed by atoms with E-state index in [-0.39, 0.29) is 17.5 Å². The van der Waals surface area contributed by atoms with Gasteiger partial charge in [0.1, 0.15) is 11.6 Å². The van der Waals surface area contributed by atoms with E-state index >= 15 is 0 Å². The van der Waals surface area contributed by atoms with Crippen LogP contribution in [0.3, 0.4) is 0 Å². The molecule has 0 aliphatic carbocycles. The average molecular weight is 374 g/mol. The van der Waals surface area contributed by atoms with Crippen LogP contribution in [-0.2, 0) is 11.8 Å². The highest BCUT2D eigenvalue weighted by Crippen LogP contribution is 2.29.